The third-order valence-corrected chi connectivity index (χ3v) is 3.54. The molecule has 0 saturated carbocycles. The van der Waals surface area contributed by atoms with E-state index in [9.17, 15) is 14.4 Å². The zero-order valence-corrected chi connectivity index (χ0v) is 14.0. The van der Waals surface area contributed by atoms with Crippen LogP contribution in [0.3, 0.4) is 0 Å². The van der Waals surface area contributed by atoms with Gasteiger partial charge in [-0.2, -0.15) is 0 Å². The van der Waals surface area contributed by atoms with Crippen LogP contribution in [0.2, 0.25) is 0 Å². The van der Waals surface area contributed by atoms with E-state index in [1.165, 1.54) is 6.07 Å². The van der Waals surface area contributed by atoms with Crippen molar-refractivity contribution >= 4 is 5.91 Å². The second kappa shape index (κ2) is 7.63. The van der Waals surface area contributed by atoms with Gasteiger partial charge in [0.1, 0.15) is 5.75 Å². The molecule has 0 bridgehead atoms. The molecular weight excluding hydrogens is 310 g/mol. The van der Waals surface area contributed by atoms with Gasteiger partial charge in [0.15, 0.2) is 6.10 Å². The van der Waals surface area contributed by atoms with Crippen molar-refractivity contribution in [1.29, 1.82) is 0 Å². The van der Waals surface area contributed by atoms with Crippen LogP contribution in [0.25, 0.3) is 0 Å². The molecule has 1 unspecified atom stereocenters. The van der Waals surface area contributed by atoms with Crippen molar-refractivity contribution in [3.63, 3.8) is 0 Å². The molecule has 7 nitrogen and oxygen atoms in total. The molecule has 7 heteroatoms. The maximum absolute atomic E-state index is 12.1. The Hall–Kier alpha value is -2.83. The van der Waals surface area contributed by atoms with Crippen LogP contribution < -0.4 is 21.2 Å². The Morgan fingerprint density at radius 3 is 2.75 bits per heavy atom. The highest BCUT2D eigenvalue weighted by atomic mass is 16.5. The van der Waals surface area contributed by atoms with Crippen LogP contribution in [0.15, 0.2) is 39.9 Å². The van der Waals surface area contributed by atoms with Gasteiger partial charge in [0, 0.05) is 18.7 Å². The second-order valence-electron chi connectivity index (χ2n) is 5.62. The van der Waals surface area contributed by atoms with Gasteiger partial charge >= 0.3 is 0 Å². The van der Waals surface area contributed by atoms with Crippen LogP contribution in [-0.4, -0.2) is 28.3 Å². The van der Waals surface area contributed by atoms with Gasteiger partial charge in [0.2, 0.25) is 0 Å². The number of H-pyrrole nitrogens is 1. The SMILES string of the molecule is Cc1ccc(C)c(OC(C)C(=O)NCCn2[nH]c(=O)ccc2=O)c1. The lowest BCUT2D eigenvalue weighted by Crippen LogP contribution is -2.40. The molecule has 0 radical (unpaired) electrons. The van der Waals surface area contributed by atoms with Crippen LogP contribution in [0.4, 0.5) is 0 Å². The van der Waals surface area contributed by atoms with Crippen LogP contribution in [0, 0.1) is 13.8 Å². The molecule has 0 spiro atoms. The van der Waals surface area contributed by atoms with Gasteiger partial charge in [-0.15, -0.1) is 0 Å². The molecule has 1 amide bonds. The smallest absolute Gasteiger partial charge is 0.265 e. The number of ether oxygens (including phenoxy) is 1. The summed E-state index contributed by atoms with van der Waals surface area (Å²) in [7, 11) is 0. The molecule has 1 heterocycles. The van der Waals surface area contributed by atoms with E-state index in [1.54, 1.807) is 6.92 Å². The highest BCUT2D eigenvalue weighted by molar-refractivity contribution is 5.80. The lowest BCUT2D eigenvalue weighted by Gasteiger charge is -2.17. The molecule has 2 N–H and O–H groups in total. The van der Waals surface area contributed by atoms with E-state index in [2.05, 4.69) is 10.4 Å². The van der Waals surface area contributed by atoms with Crippen molar-refractivity contribution in [1.82, 2.24) is 15.1 Å². The minimum absolute atomic E-state index is 0.177. The van der Waals surface area contributed by atoms with Crippen LogP contribution in [-0.2, 0) is 11.3 Å². The molecule has 0 saturated heterocycles. The number of aromatic amines is 1. The van der Waals surface area contributed by atoms with Gasteiger partial charge in [-0.1, -0.05) is 12.1 Å². The second-order valence-corrected chi connectivity index (χ2v) is 5.62. The number of aryl methyl sites for hydroxylation is 2. The van der Waals surface area contributed by atoms with Crippen molar-refractivity contribution in [2.45, 2.75) is 33.4 Å². The van der Waals surface area contributed by atoms with Crippen molar-refractivity contribution in [2.75, 3.05) is 6.54 Å². The Bertz CT molecular complexity index is 838. The zero-order chi connectivity index (χ0) is 17.7. The molecular formula is C17H21N3O4. The summed E-state index contributed by atoms with van der Waals surface area (Å²) >= 11 is 0. The summed E-state index contributed by atoms with van der Waals surface area (Å²) in [6.07, 6.45) is -0.669. The fourth-order valence-electron chi connectivity index (χ4n) is 2.14. The quantitative estimate of drug-likeness (QED) is 0.816. The Kier molecular flexibility index (Phi) is 5.57. The summed E-state index contributed by atoms with van der Waals surface area (Å²) in [5.41, 5.74) is 1.31. The lowest BCUT2D eigenvalue weighted by atomic mass is 10.1. The number of amides is 1. The van der Waals surface area contributed by atoms with E-state index < -0.39 is 6.10 Å². The number of nitrogens with one attached hydrogen (secondary N) is 2. The number of hydrogen-bond donors (Lipinski definition) is 2. The summed E-state index contributed by atoms with van der Waals surface area (Å²) < 4.78 is 6.85. The first kappa shape index (κ1) is 17.5. The number of rotatable bonds is 6. The Labute approximate surface area is 139 Å². The highest BCUT2D eigenvalue weighted by Crippen LogP contribution is 2.20. The van der Waals surface area contributed by atoms with Crippen LogP contribution in [0.1, 0.15) is 18.1 Å². The first-order valence-corrected chi connectivity index (χ1v) is 7.68. The lowest BCUT2D eigenvalue weighted by molar-refractivity contribution is -0.127. The summed E-state index contributed by atoms with van der Waals surface area (Å²) in [4.78, 5) is 34.8. The molecule has 0 aliphatic heterocycles. The number of benzene rings is 1. The first-order chi connectivity index (χ1) is 11.4. The van der Waals surface area contributed by atoms with E-state index in [1.807, 2.05) is 32.0 Å². The molecule has 0 fully saturated rings. The topological polar surface area (TPSA) is 93.2 Å². The van der Waals surface area contributed by atoms with E-state index in [4.69, 9.17) is 4.74 Å². The van der Waals surface area contributed by atoms with Gasteiger partial charge in [-0.05, 0) is 38.0 Å². The molecule has 1 atom stereocenters. The fraction of sp³-hybridized carbons (Fsp3) is 0.353. The summed E-state index contributed by atoms with van der Waals surface area (Å²) in [5.74, 6) is 0.378. The maximum Gasteiger partial charge on any atom is 0.265 e. The van der Waals surface area contributed by atoms with Gasteiger partial charge in [-0.25, -0.2) is 4.68 Å². The standard InChI is InChI=1S/C17H21N3O4/c1-11-4-5-12(2)14(10-11)24-13(3)17(23)18-8-9-20-16(22)7-6-15(21)19-20/h4-7,10,13H,8-9H2,1-3H3,(H,18,23)(H,19,21). The normalized spacial score (nSPS) is 11.8. The van der Waals surface area contributed by atoms with Crippen molar-refractivity contribution in [3.05, 3.63) is 62.2 Å². The van der Waals surface area contributed by atoms with Crippen molar-refractivity contribution < 1.29 is 9.53 Å². The Morgan fingerprint density at radius 1 is 1.25 bits per heavy atom. The van der Waals surface area contributed by atoms with Gasteiger partial charge in [0.05, 0.1) is 6.54 Å². The van der Waals surface area contributed by atoms with E-state index in [0.717, 1.165) is 21.9 Å². The number of carbonyl (C=O) groups excluding carboxylic acids is 1. The van der Waals surface area contributed by atoms with E-state index in [0.29, 0.717) is 5.75 Å². The number of carbonyl (C=O) groups is 1. The summed E-state index contributed by atoms with van der Waals surface area (Å²) in [5, 5.41) is 5.08. The molecule has 2 rings (SSSR count). The zero-order valence-electron chi connectivity index (χ0n) is 14.0. The molecule has 0 aliphatic carbocycles. The van der Waals surface area contributed by atoms with E-state index >= 15 is 0 Å². The summed E-state index contributed by atoms with van der Waals surface area (Å²) in [6.45, 7) is 5.91. The van der Waals surface area contributed by atoms with E-state index in [-0.39, 0.29) is 30.1 Å². The molecule has 2 aromatic rings. The maximum atomic E-state index is 12.1. The average molecular weight is 331 g/mol. The van der Waals surface area contributed by atoms with Crippen molar-refractivity contribution in [3.8, 4) is 5.75 Å². The minimum atomic E-state index is -0.669. The molecule has 1 aromatic carbocycles. The number of aromatic nitrogens is 2. The van der Waals surface area contributed by atoms with Gasteiger partial charge in [-0.3, -0.25) is 19.5 Å². The van der Waals surface area contributed by atoms with Crippen LogP contribution in [0.5, 0.6) is 5.75 Å². The fourth-order valence-corrected chi connectivity index (χ4v) is 2.14. The predicted octanol–water partition coefficient (Wildman–Crippen LogP) is 0.737. The Morgan fingerprint density at radius 2 is 2.00 bits per heavy atom. The number of nitrogens with zero attached hydrogens (tertiary/aromatic N) is 1. The molecule has 24 heavy (non-hydrogen) atoms. The number of hydrogen-bond acceptors (Lipinski definition) is 4. The third-order valence-electron chi connectivity index (χ3n) is 3.54. The Balaban J connectivity index is 1.90. The van der Waals surface area contributed by atoms with Gasteiger partial charge < -0.3 is 10.1 Å². The van der Waals surface area contributed by atoms with Gasteiger partial charge in [0.25, 0.3) is 17.0 Å². The molecule has 1 aromatic heterocycles. The monoisotopic (exact) mass is 331 g/mol. The highest BCUT2D eigenvalue weighted by Gasteiger charge is 2.15. The first-order valence-electron chi connectivity index (χ1n) is 7.68. The molecule has 128 valence electrons. The summed E-state index contributed by atoms with van der Waals surface area (Å²) in [6, 6.07) is 8.15. The average Bonchev–Trinajstić information content (AvgIpc) is 2.54. The van der Waals surface area contributed by atoms with Crippen molar-refractivity contribution in [2.24, 2.45) is 0 Å². The largest absolute Gasteiger partial charge is 0.481 e. The third kappa shape index (κ3) is 4.58. The molecule has 0 aliphatic rings. The van der Waals surface area contributed by atoms with Crippen LogP contribution >= 0.6 is 0 Å². The predicted molar refractivity (Wildman–Crippen MR) is 90.3 cm³/mol. The minimum Gasteiger partial charge on any atom is -0.481 e.